The summed E-state index contributed by atoms with van der Waals surface area (Å²) < 4.78 is 4.94. The lowest BCUT2D eigenvalue weighted by atomic mass is 9.85. The first-order chi connectivity index (χ1) is 11.2. The number of allylic oxidation sites excluding steroid dienone is 1. The van der Waals surface area contributed by atoms with Gasteiger partial charge in [0.1, 0.15) is 0 Å². The fraction of sp³-hybridized carbons (Fsp3) is 0.474. The molecule has 5 heteroatoms. The Morgan fingerprint density at radius 3 is 2.29 bits per heavy atom. The summed E-state index contributed by atoms with van der Waals surface area (Å²) in [5.41, 5.74) is 3.22. The maximum atomic E-state index is 12.3. The number of nitrogens with one attached hydrogen (secondary N) is 1. The lowest BCUT2D eigenvalue weighted by molar-refractivity contribution is -0.136. The summed E-state index contributed by atoms with van der Waals surface area (Å²) in [6.45, 7) is 10.6. The van der Waals surface area contributed by atoms with E-state index in [0.29, 0.717) is 17.8 Å². The van der Waals surface area contributed by atoms with E-state index in [2.05, 4.69) is 26.1 Å². The predicted octanol–water partition coefficient (Wildman–Crippen LogP) is 3.52. The van der Waals surface area contributed by atoms with E-state index in [1.165, 1.54) is 12.7 Å². The maximum Gasteiger partial charge on any atom is 0.337 e. The molecular formula is C19H26N2O3. The van der Waals surface area contributed by atoms with Gasteiger partial charge >= 0.3 is 12.0 Å². The fourth-order valence-electron chi connectivity index (χ4n) is 2.96. The Bertz CT molecular complexity index is 669. The lowest BCUT2D eigenvalue weighted by Gasteiger charge is -2.34. The largest absolute Gasteiger partial charge is 0.466 e. The van der Waals surface area contributed by atoms with Gasteiger partial charge in [0.25, 0.3) is 0 Å². The quantitative estimate of drug-likeness (QED) is 0.863. The average molecular weight is 330 g/mol. The van der Waals surface area contributed by atoms with Crippen LogP contribution >= 0.6 is 0 Å². The number of hydrogen-bond donors (Lipinski definition) is 1. The third kappa shape index (κ3) is 3.30. The van der Waals surface area contributed by atoms with E-state index in [1.807, 2.05) is 31.2 Å². The first kappa shape index (κ1) is 18.0. The Morgan fingerprint density at radius 1 is 1.25 bits per heavy atom. The average Bonchev–Trinajstić information content (AvgIpc) is 2.53. The number of nitrogens with zero attached hydrogens (tertiary/aromatic N) is 1. The van der Waals surface area contributed by atoms with Gasteiger partial charge in [-0.05, 0) is 30.4 Å². The number of carbonyl (C=O) groups excluding carboxylic acids is 2. The number of methoxy groups -OCH3 is 1. The van der Waals surface area contributed by atoms with Gasteiger partial charge in [-0.2, -0.15) is 0 Å². The molecule has 2 amide bonds. The highest BCUT2D eigenvalue weighted by molar-refractivity contribution is 5.94. The topological polar surface area (TPSA) is 58.6 Å². The zero-order valence-corrected chi connectivity index (χ0v) is 15.3. The van der Waals surface area contributed by atoms with Crippen molar-refractivity contribution < 1.29 is 14.3 Å². The zero-order chi connectivity index (χ0) is 18.1. The number of esters is 1. The van der Waals surface area contributed by atoms with E-state index in [-0.39, 0.29) is 11.4 Å². The molecule has 1 N–H and O–H groups in total. The van der Waals surface area contributed by atoms with Crippen LogP contribution in [0.3, 0.4) is 0 Å². The Hall–Kier alpha value is -2.30. The van der Waals surface area contributed by atoms with Gasteiger partial charge in [-0.3, -0.25) is 4.90 Å². The van der Waals surface area contributed by atoms with Crippen LogP contribution in [0.25, 0.3) is 0 Å². The molecule has 0 spiro atoms. The fourth-order valence-corrected chi connectivity index (χ4v) is 2.96. The highest BCUT2D eigenvalue weighted by atomic mass is 16.5. The van der Waals surface area contributed by atoms with Gasteiger partial charge < -0.3 is 10.1 Å². The van der Waals surface area contributed by atoms with E-state index in [4.69, 9.17) is 4.74 Å². The Morgan fingerprint density at radius 2 is 1.83 bits per heavy atom. The molecule has 0 fully saturated rings. The van der Waals surface area contributed by atoms with Crippen molar-refractivity contribution in [3.8, 4) is 0 Å². The number of hydrogen-bond acceptors (Lipinski definition) is 3. The van der Waals surface area contributed by atoms with Crippen molar-refractivity contribution in [1.82, 2.24) is 10.2 Å². The van der Waals surface area contributed by atoms with Gasteiger partial charge in [0.2, 0.25) is 0 Å². The summed E-state index contributed by atoms with van der Waals surface area (Å²) in [6.07, 6.45) is 0. The summed E-state index contributed by atoms with van der Waals surface area (Å²) in [7, 11) is 1.36. The summed E-state index contributed by atoms with van der Waals surface area (Å²) in [6, 6.07) is 7.30. The summed E-state index contributed by atoms with van der Waals surface area (Å²) in [5, 5.41) is 2.92. The van der Waals surface area contributed by atoms with Crippen LogP contribution in [-0.4, -0.2) is 30.6 Å². The molecule has 1 heterocycles. The van der Waals surface area contributed by atoms with Gasteiger partial charge in [-0.15, -0.1) is 0 Å². The van der Waals surface area contributed by atoms with Crippen LogP contribution in [0.2, 0.25) is 0 Å². The van der Waals surface area contributed by atoms with Crippen molar-refractivity contribution in [2.45, 2.75) is 46.1 Å². The number of amides is 2. The maximum absolute atomic E-state index is 12.3. The Kier molecular flexibility index (Phi) is 5.02. The summed E-state index contributed by atoms with van der Waals surface area (Å²) >= 11 is 0. The first-order valence-corrected chi connectivity index (χ1v) is 8.18. The van der Waals surface area contributed by atoms with Crippen LogP contribution in [0.1, 0.15) is 51.8 Å². The minimum Gasteiger partial charge on any atom is -0.466 e. The van der Waals surface area contributed by atoms with Crippen molar-refractivity contribution in [1.29, 1.82) is 0 Å². The van der Waals surface area contributed by atoms with Gasteiger partial charge in [-0.1, -0.05) is 45.0 Å². The number of ether oxygens (including phenoxy) is 1. The van der Waals surface area contributed by atoms with Gasteiger partial charge in [0.05, 0.1) is 18.7 Å². The molecule has 130 valence electrons. The van der Waals surface area contributed by atoms with E-state index in [9.17, 15) is 9.59 Å². The number of rotatable bonds is 3. The SMILES string of the molecule is CCN1C(=O)NC(c2ccc(C(C)(C)C)cc2)C(C(=O)OC)=C1C. The Labute approximate surface area is 143 Å². The van der Waals surface area contributed by atoms with Crippen molar-refractivity contribution >= 4 is 12.0 Å². The second kappa shape index (κ2) is 6.67. The van der Waals surface area contributed by atoms with E-state index < -0.39 is 12.0 Å². The highest BCUT2D eigenvalue weighted by Gasteiger charge is 2.35. The molecule has 2 rings (SSSR count). The normalized spacial score (nSPS) is 18.5. The molecule has 1 aromatic carbocycles. The monoisotopic (exact) mass is 330 g/mol. The molecule has 0 radical (unpaired) electrons. The molecule has 0 saturated heterocycles. The molecular weight excluding hydrogens is 304 g/mol. The Balaban J connectivity index is 2.49. The van der Waals surface area contributed by atoms with Crippen LogP contribution in [0.5, 0.6) is 0 Å². The molecule has 0 aromatic heterocycles. The number of carbonyl (C=O) groups is 2. The van der Waals surface area contributed by atoms with E-state index >= 15 is 0 Å². The van der Waals surface area contributed by atoms with Crippen LogP contribution in [0.4, 0.5) is 4.79 Å². The minimum absolute atomic E-state index is 0.0459. The second-order valence-corrected chi connectivity index (χ2v) is 6.99. The third-order valence-corrected chi connectivity index (χ3v) is 4.43. The molecule has 0 aliphatic carbocycles. The van der Waals surface area contributed by atoms with Crippen LogP contribution < -0.4 is 5.32 Å². The molecule has 1 aliphatic heterocycles. The molecule has 1 aliphatic rings. The van der Waals surface area contributed by atoms with E-state index in [1.54, 1.807) is 11.8 Å². The predicted molar refractivity (Wildman–Crippen MR) is 93.5 cm³/mol. The zero-order valence-electron chi connectivity index (χ0n) is 15.3. The van der Waals surface area contributed by atoms with Crippen LogP contribution in [0, 0.1) is 0 Å². The first-order valence-electron chi connectivity index (χ1n) is 8.18. The second-order valence-electron chi connectivity index (χ2n) is 6.99. The van der Waals surface area contributed by atoms with Crippen molar-refractivity contribution in [2.24, 2.45) is 0 Å². The lowest BCUT2D eigenvalue weighted by Crippen LogP contribution is -2.47. The number of benzene rings is 1. The summed E-state index contributed by atoms with van der Waals surface area (Å²) in [4.78, 5) is 26.2. The van der Waals surface area contributed by atoms with Crippen molar-refractivity contribution in [3.63, 3.8) is 0 Å². The smallest absolute Gasteiger partial charge is 0.337 e. The van der Waals surface area contributed by atoms with Gasteiger partial charge in [-0.25, -0.2) is 9.59 Å². The van der Waals surface area contributed by atoms with Crippen molar-refractivity contribution in [3.05, 3.63) is 46.7 Å². The van der Waals surface area contributed by atoms with E-state index in [0.717, 1.165) is 5.56 Å². The molecule has 1 atom stereocenters. The van der Waals surface area contributed by atoms with Gasteiger partial charge in [0, 0.05) is 12.2 Å². The highest BCUT2D eigenvalue weighted by Crippen LogP contribution is 2.32. The standard InChI is InChI=1S/C19H26N2O3/c1-7-21-12(2)15(17(22)24-6)16(20-18(21)23)13-8-10-14(11-9-13)19(3,4)5/h8-11,16H,7H2,1-6H3,(H,20,23). The van der Waals surface area contributed by atoms with Crippen LogP contribution in [-0.2, 0) is 14.9 Å². The number of urea groups is 1. The molecule has 24 heavy (non-hydrogen) atoms. The van der Waals surface area contributed by atoms with Crippen molar-refractivity contribution in [2.75, 3.05) is 13.7 Å². The van der Waals surface area contributed by atoms with Crippen LogP contribution in [0.15, 0.2) is 35.5 Å². The molecule has 5 nitrogen and oxygen atoms in total. The minimum atomic E-state index is -0.498. The molecule has 1 aromatic rings. The molecule has 0 saturated carbocycles. The van der Waals surface area contributed by atoms with Gasteiger partial charge in [0.15, 0.2) is 0 Å². The molecule has 1 unspecified atom stereocenters. The third-order valence-electron chi connectivity index (χ3n) is 4.43. The molecule has 0 bridgehead atoms. The summed E-state index contributed by atoms with van der Waals surface area (Å²) in [5.74, 6) is -0.421.